The van der Waals surface area contributed by atoms with Crippen LogP contribution in [0, 0.1) is 12.8 Å². The number of hydrogen-bond acceptors (Lipinski definition) is 4. The van der Waals surface area contributed by atoms with Crippen molar-refractivity contribution in [1.29, 1.82) is 0 Å². The van der Waals surface area contributed by atoms with E-state index in [-0.39, 0.29) is 30.1 Å². The molecule has 0 spiro atoms. The molecule has 1 unspecified atom stereocenters. The summed E-state index contributed by atoms with van der Waals surface area (Å²) in [5.41, 5.74) is 0. The minimum atomic E-state index is 0. The van der Waals surface area contributed by atoms with Gasteiger partial charge < -0.3 is 15.4 Å². The number of aryl methyl sites for hydroxylation is 1. The first-order chi connectivity index (χ1) is 11.1. The number of hydrogen-bond donors (Lipinski definition) is 2. The lowest BCUT2D eigenvalue weighted by atomic mass is 10.2. The zero-order valence-corrected chi connectivity index (χ0v) is 18.3. The van der Waals surface area contributed by atoms with E-state index < -0.39 is 0 Å². The molecule has 0 aliphatic carbocycles. The van der Waals surface area contributed by atoms with Crippen molar-refractivity contribution in [3.8, 4) is 0 Å². The maximum absolute atomic E-state index is 5.87. The normalized spacial score (nSPS) is 19.2. The van der Waals surface area contributed by atoms with E-state index in [1.54, 1.807) is 0 Å². The third-order valence-corrected chi connectivity index (χ3v) is 4.79. The fourth-order valence-electron chi connectivity index (χ4n) is 2.77. The highest BCUT2D eigenvalue weighted by Crippen LogP contribution is 2.14. The van der Waals surface area contributed by atoms with Crippen molar-refractivity contribution < 1.29 is 4.74 Å². The first-order valence-corrected chi connectivity index (χ1v) is 9.22. The molecule has 0 amide bonds. The number of halogens is 1. The molecule has 2 N–H and O–H groups in total. The summed E-state index contributed by atoms with van der Waals surface area (Å²) in [5, 5.41) is 6.74. The molecule has 1 fully saturated rings. The average Bonchev–Trinajstić information content (AvgIpc) is 2.93. The highest BCUT2D eigenvalue weighted by atomic mass is 127. The monoisotopic (exact) mass is 466 g/mol. The molecule has 1 aliphatic rings. The van der Waals surface area contributed by atoms with Gasteiger partial charge in [-0.15, -0.1) is 35.3 Å². The maximum Gasteiger partial charge on any atom is 0.191 e. The van der Waals surface area contributed by atoms with E-state index >= 15 is 0 Å². The van der Waals surface area contributed by atoms with Gasteiger partial charge in [0.1, 0.15) is 0 Å². The van der Waals surface area contributed by atoms with Crippen LogP contribution in [0.2, 0.25) is 0 Å². The van der Waals surface area contributed by atoms with Crippen LogP contribution in [-0.2, 0) is 11.3 Å². The van der Waals surface area contributed by atoms with Crippen molar-refractivity contribution >= 4 is 41.3 Å². The molecule has 0 aromatic carbocycles. The van der Waals surface area contributed by atoms with Crippen LogP contribution < -0.4 is 10.6 Å². The zero-order chi connectivity index (χ0) is 16.7. The molecule has 1 saturated heterocycles. The van der Waals surface area contributed by atoms with Gasteiger partial charge in [-0.1, -0.05) is 13.8 Å². The van der Waals surface area contributed by atoms with Gasteiger partial charge in [-0.05, 0) is 25.0 Å². The molecule has 0 radical (unpaired) electrons. The molecular weight excluding hydrogens is 435 g/mol. The standard InChI is InChI=1S/C17H30N4OS.HI/c1-13(2)11-21-7-8-22-15(12-21)9-19-17(18-4)20-10-16-6-5-14(3)23-16;/h5-6,13,15H,7-12H2,1-4H3,(H2,18,19,20);1H. The van der Waals surface area contributed by atoms with Crippen LogP contribution in [0.5, 0.6) is 0 Å². The van der Waals surface area contributed by atoms with E-state index in [9.17, 15) is 0 Å². The van der Waals surface area contributed by atoms with Crippen molar-refractivity contribution in [2.45, 2.75) is 33.4 Å². The van der Waals surface area contributed by atoms with E-state index in [0.717, 1.165) is 45.3 Å². The van der Waals surface area contributed by atoms with Crippen LogP contribution in [0.4, 0.5) is 0 Å². The highest BCUT2D eigenvalue weighted by molar-refractivity contribution is 14.0. The van der Waals surface area contributed by atoms with Gasteiger partial charge in [0.05, 0.1) is 19.3 Å². The number of aliphatic imine (C=N–C) groups is 1. The Labute approximate surface area is 167 Å². The first-order valence-electron chi connectivity index (χ1n) is 8.40. The molecule has 0 saturated carbocycles. The number of nitrogens with one attached hydrogen (secondary N) is 2. The number of ether oxygens (including phenoxy) is 1. The average molecular weight is 466 g/mol. The van der Waals surface area contributed by atoms with E-state index in [1.807, 2.05) is 18.4 Å². The summed E-state index contributed by atoms with van der Waals surface area (Å²) in [5.74, 6) is 1.53. The van der Waals surface area contributed by atoms with E-state index in [0.29, 0.717) is 5.92 Å². The predicted octanol–water partition coefficient (Wildman–Crippen LogP) is 2.70. The summed E-state index contributed by atoms with van der Waals surface area (Å²) in [6.07, 6.45) is 0.227. The van der Waals surface area contributed by atoms with Gasteiger partial charge in [-0.25, -0.2) is 0 Å². The summed E-state index contributed by atoms with van der Waals surface area (Å²) in [4.78, 5) is 9.44. The van der Waals surface area contributed by atoms with Crippen LogP contribution in [0.15, 0.2) is 17.1 Å². The van der Waals surface area contributed by atoms with Crippen LogP contribution in [0.25, 0.3) is 0 Å². The summed E-state index contributed by atoms with van der Waals surface area (Å²) in [7, 11) is 1.81. The minimum Gasteiger partial charge on any atom is -0.374 e. The Morgan fingerprint density at radius 2 is 2.21 bits per heavy atom. The Morgan fingerprint density at radius 1 is 1.42 bits per heavy atom. The molecule has 1 aliphatic heterocycles. The number of morpholine rings is 1. The molecule has 24 heavy (non-hydrogen) atoms. The molecule has 5 nitrogen and oxygen atoms in total. The SMILES string of the molecule is CN=C(NCc1ccc(C)s1)NCC1CN(CC(C)C)CCO1.I. The van der Waals surface area contributed by atoms with Crippen molar-refractivity contribution in [2.24, 2.45) is 10.9 Å². The van der Waals surface area contributed by atoms with E-state index in [1.165, 1.54) is 9.75 Å². The summed E-state index contributed by atoms with van der Waals surface area (Å²) in [6, 6.07) is 4.31. The van der Waals surface area contributed by atoms with Gasteiger partial charge in [0.15, 0.2) is 5.96 Å². The molecule has 7 heteroatoms. The van der Waals surface area contributed by atoms with Gasteiger partial charge in [0.25, 0.3) is 0 Å². The van der Waals surface area contributed by atoms with Crippen LogP contribution in [0.1, 0.15) is 23.6 Å². The Hall–Kier alpha value is -0.380. The van der Waals surface area contributed by atoms with Gasteiger partial charge in [0.2, 0.25) is 0 Å². The summed E-state index contributed by atoms with van der Waals surface area (Å²) < 4.78 is 5.87. The maximum atomic E-state index is 5.87. The number of nitrogens with zero attached hydrogens (tertiary/aromatic N) is 2. The van der Waals surface area contributed by atoms with Gasteiger partial charge in [-0.3, -0.25) is 9.89 Å². The topological polar surface area (TPSA) is 48.9 Å². The number of guanidine groups is 1. The lowest BCUT2D eigenvalue weighted by Gasteiger charge is -2.34. The lowest BCUT2D eigenvalue weighted by Crippen LogP contribution is -2.50. The molecule has 1 aromatic rings. The fraction of sp³-hybridized carbons (Fsp3) is 0.706. The summed E-state index contributed by atoms with van der Waals surface area (Å²) in [6.45, 7) is 12.3. The second-order valence-corrected chi connectivity index (χ2v) is 7.84. The summed E-state index contributed by atoms with van der Waals surface area (Å²) >= 11 is 1.82. The third-order valence-electron chi connectivity index (χ3n) is 3.79. The molecule has 138 valence electrons. The smallest absolute Gasteiger partial charge is 0.191 e. The second-order valence-electron chi connectivity index (χ2n) is 6.47. The Balaban J connectivity index is 0.00000288. The quantitative estimate of drug-likeness (QED) is 0.385. The molecule has 1 aromatic heterocycles. The predicted molar refractivity (Wildman–Crippen MR) is 114 cm³/mol. The van der Waals surface area contributed by atoms with E-state index in [4.69, 9.17) is 4.74 Å². The number of rotatable bonds is 6. The molecular formula is C17H31IN4OS. The Morgan fingerprint density at radius 3 is 2.83 bits per heavy atom. The van der Waals surface area contributed by atoms with Crippen LogP contribution in [0.3, 0.4) is 0 Å². The highest BCUT2D eigenvalue weighted by Gasteiger charge is 2.21. The van der Waals surface area contributed by atoms with Crippen LogP contribution in [-0.4, -0.2) is 56.8 Å². The molecule has 0 bridgehead atoms. The zero-order valence-electron chi connectivity index (χ0n) is 15.2. The minimum absolute atomic E-state index is 0. The molecule has 2 rings (SSSR count). The van der Waals surface area contributed by atoms with Crippen molar-refractivity contribution in [1.82, 2.24) is 15.5 Å². The third kappa shape index (κ3) is 7.67. The Kier molecular flexibility index (Phi) is 10.2. The molecule has 2 heterocycles. The van der Waals surface area contributed by atoms with Gasteiger partial charge in [0, 0.05) is 43.0 Å². The van der Waals surface area contributed by atoms with Gasteiger partial charge in [-0.2, -0.15) is 0 Å². The van der Waals surface area contributed by atoms with E-state index in [2.05, 4.69) is 53.4 Å². The first kappa shape index (κ1) is 21.7. The Bertz CT molecular complexity index is 507. The van der Waals surface area contributed by atoms with Crippen molar-refractivity contribution in [2.75, 3.05) is 39.8 Å². The van der Waals surface area contributed by atoms with Crippen LogP contribution >= 0.6 is 35.3 Å². The molecule has 1 atom stereocenters. The number of thiophene rings is 1. The largest absolute Gasteiger partial charge is 0.374 e. The van der Waals surface area contributed by atoms with Crippen molar-refractivity contribution in [3.05, 3.63) is 21.9 Å². The van der Waals surface area contributed by atoms with Crippen molar-refractivity contribution in [3.63, 3.8) is 0 Å². The van der Waals surface area contributed by atoms with Gasteiger partial charge >= 0.3 is 0 Å². The lowest BCUT2D eigenvalue weighted by molar-refractivity contribution is -0.0284. The second kappa shape index (κ2) is 11.3. The fourth-order valence-corrected chi connectivity index (χ4v) is 3.60.